The lowest BCUT2D eigenvalue weighted by Crippen LogP contribution is -2.39. The summed E-state index contributed by atoms with van der Waals surface area (Å²) in [6.45, 7) is 0.613. The summed E-state index contributed by atoms with van der Waals surface area (Å²) >= 11 is 3.22. The smallest absolute Gasteiger partial charge is 0.339 e. The van der Waals surface area contributed by atoms with Crippen molar-refractivity contribution in [3.05, 3.63) is 22.3 Å². The molecular formula is C12H13BrN2O4. The van der Waals surface area contributed by atoms with Gasteiger partial charge in [0.15, 0.2) is 6.29 Å². The third-order valence-electron chi connectivity index (χ3n) is 3.31. The van der Waals surface area contributed by atoms with E-state index in [0.717, 1.165) is 12.8 Å². The number of carboxylic acid groups (broad SMARTS) is 1. The number of nitrogens with one attached hydrogen (secondary N) is 1. The van der Waals surface area contributed by atoms with Crippen LogP contribution in [-0.2, 0) is 9.47 Å². The third kappa shape index (κ3) is 2.58. The fourth-order valence-corrected chi connectivity index (χ4v) is 2.70. The van der Waals surface area contributed by atoms with Gasteiger partial charge in [0.05, 0.1) is 18.8 Å². The first-order valence-electron chi connectivity index (χ1n) is 6.06. The molecule has 0 saturated carbocycles. The first-order valence-corrected chi connectivity index (χ1v) is 6.85. The van der Waals surface area contributed by atoms with E-state index in [-0.39, 0.29) is 24.0 Å². The van der Waals surface area contributed by atoms with Crippen molar-refractivity contribution >= 4 is 27.7 Å². The molecule has 3 rings (SSSR count). The number of fused-ring (bicyclic) bond motifs is 2. The molecule has 6 nitrogen and oxygen atoms in total. The molecular weight excluding hydrogens is 316 g/mol. The van der Waals surface area contributed by atoms with Crippen molar-refractivity contribution in [2.75, 3.05) is 11.9 Å². The topological polar surface area (TPSA) is 80.7 Å². The number of aromatic nitrogens is 1. The first-order chi connectivity index (χ1) is 9.13. The molecule has 2 bridgehead atoms. The zero-order chi connectivity index (χ0) is 13.4. The summed E-state index contributed by atoms with van der Waals surface area (Å²) < 4.78 is 11.8. The van der Waals surface area contributed by atoms with Crippen LogP contribution in [0.15, 0.2) is 16.7 Å². The number of halogens is 1. The maximum absolute atomic E-state index is 11.2. The normalized spacial score (nSPS) is 29.2. The molecule has 2 fully saturated rings. The van der Waals surface area contributed by atoms with Crippen molar-refractivity contribution in [3.63, 3.8) is 0 Å². The molecule has 0 radical (unpaired) electrons. The van der Waals surface area contributed by atoms with Gasteiger partial charge in [-0.25, -0.2) is 9.78 Å². The average Bonchev–Trinajstić information content (AvgIpc) is 2.77. The molecule has 0 aliphatic carbocycles. The summed E-state index contributed by atoms with van der Waals surface area (Å²) in [6, 6.07) is 1.46. The van der Waals surface area contributed by atoms with Crippen molar-refractivity contribution in [1.82, 2.24) is 4.98 Å². The number of rotatable bonds is 3. The average molecular weight is 329 g/mol. The van der Waals surface area contributed by atoms with Gasteiger partial charge in [0.25, 0.3) is 0 Å². The summed E-state index contributed by atoms with van der Waals surface area (Å²) in [5.41, 5.74) is 0.134. The molecule has 3 heterocycles. The molecule has 102 valence electrons. The molecule has 2 aliphatic rings. The van der Waals surface area contributed by atoms with Crippen LogP contribution in [0.25, 0.3) is 0 Å². The van der Waals surface area contributed by atoms with Gasteiger partial charge in [0.1, 0.15) is 11.4 Å². The second-order valence-corrected chi connectivity index (χ2v) is 5.56. The predicted molar refractivity (Wildman–Crippen MR) is 70.2 cm³/mol. The molecule has 2 saturated heterocycles. The maximum Gasteiger partial charge on any atom is 0.339 e. The molecule has 19 heavy (non-hydrogen) atoms. The van der Waals surface area contributed by atoms with E-state index in [0.29, 0.717) is 16.9 Å². The van der Waals surface area contributed by atoms with Gasteiger partial charge in [-0.2, -0.15) is 0 Å². The lowest BCUT2D eigenvalue weighted by atomic mass is 10.1. The Kier molecular flexibility index (Phi) is 3.42. The van der Waals surface area contributed by atoms with Gasteiger partial charge in [-0.3, -0.25) is 0 Å². The van der Waals surface area contributed by atoms with Crippen LogP contribution < -0.4 is 5.32 Å². The van der Waals surface area contributed by atoms with Crippen LogP contribution in [0.3, 0.4) is 0 Å². The second-order valence-electron chi connectivity index (χ2n) is 4.64. The van der Waals surface area contributed by atoms with Gasteiger partial charge in [-0.15, -0.1) is 0 Å². The number of nitrogens with zero attached hydrogens (tertiary/aromatic N) is 1. The Morgan fingerprint density at radius 2 is 2.37 bits per heavy atom. The van der Waals surface area contributed by atoms with E-state index < -0.39 is 5.97 Å². The van der Waals surface area contributed by atoms with E-state index >= 15 is 0 Å². The molecule has 0 aromatic carbocycles. The number of aromatic carboxylic acids is 1. The van der Waals surface area contributed by atoms with E-state index in [1.54, 1.807) is 6.20 Å². The molecule has 1 aromatic rings. The van der Waals surface area contributed by atoms with Crippen molar-refractivity contribution in [2.24, 2.45) is 0 Å². The first kappa shape index (κ1) is 12.8. The highest BCUT2D eigenvalue weighted by Gasteiger charge is 2.38. The van der Waals surface area contributed by atoms with E-state index in [1.807, 2.05) is 0 Å². The van der Waals surface area contributed by atoms with E-state index in [9.17, 15) is 9.90 Å². The van der Waals surface area contributed by atoms with Gasteiger partial charge < -0.3 is 19.9 Å². The molecule has 7 heteroatoms. The van der Waals surface area contributed by atoms with Gasteiger partial charge in [0, 0.05) is 10.7 Å². The summed E-state index contributed by atoms with van der Waals surface area (Å²) in [5.74, 6) is -0.670. The Labute approximate surface area is 118 Å². The number of anilines is 1. The van der Waals surface area contributed by atoms with Gasteiger partial charge >= 0.3 is 5.97 Å². The van der Waals surface area contributed by atoms with Gasteiger partial charge in [-0.1, -0.05) is 0 Å². The molecule has 3 atom stereocenters. The van der Waals surface area contributed by atoms with Crippen LogP contribution >= 0.6 is 15.9 Å². The van der Waals surface area contributed by atoms with Crippen molar-refractivity contribution in [2.45, 2.75) is 31.3 Å². The van der Waals surface area contributed by atoms with Crippen LogP contribution in [-0.4, -0.2) is 41.1 Å². The fraction of sp³-hybridized carbons (Fsp3) is 0.500. The number of hydrogen-bond acceptors (Lipinski definition) is 5. The number of carbonyl (C=O) groups is 1. The highest BCUT2D eigenvalue weighted by Crippen LogP contribution is 2.30. The minimum absolute atomic E-state index is 0.0643. The molecule has 2 N–H and O–H groups in total. The van der Waals surface area contributed by atoms with Crippen LogP contribution in [0.1, 0.15) is 23.2 Å². The molecule has 0 unspecified atom stereocenters. The second kappa shape index (κ2) is 5.07. The standard InChI is InChI=1S/C12H13BrN2O4/c13-6-3-8(11(16)17)10(14-4-6)15-9-2-1-7-5-18-12(9)19-7/h3-4,7,9,12H,1-2,5H2,(H,14,15)(H,16,17)/t7-,9+,12+/m0/s1. The molecule has 0 spiro atoms. The highest BCUT2D eigenvalue weighted by atomic mass is 79.9. The van der Waals surface area contributed by atoms with E-state index in [4.69, 9.17) is 9.47 Å². The largest absolute Gasteiger partial charge is 0.478 e. The molecule has 0 amide bonds. The Hall–Kier alpha value is -1.18. The monoisotopic (exact) mass is 328 g/mol. The van der Waals surface area contributed by atoms with E-state index in [2.05, 4.69) is 26.2 Å². The van der Waals surface area contributed by atoms with Crippen molar-refractivity contribution in [1.29, 1.82) is 0 Å². The lowest BCUT2D eigenvalue weighted by molar-refractivity contribution is -0.0895. The summed E-state index contributed by atoms with van der Waals surface area (Å²) in [7, 11) is 0. The fourth-order valence-electron chi connectivity index (χ4n) is 2.37. The number of hydrogen-bond donors (Lipinski definition) is 2. The zero-order valence-electron chi connectivity index (χ0n) is 10.0. The summed E-state index contributed by atoms with van der Waals surface area (Å²) in [5, 5.41) is 12.3. The van der Waals surface area contributed by atoms with Crippen LogP contribution in [0.4, 0.5) is 5.82 Å². The summed E-state index contributed by atoms with van der Waals surface area (Å²) in [6.07, 6.45) is 3.22. The molecule has 1 aromatic heterocycles. The van der Waals surface area contributed by atoms with Crippen molar-refractivity contribution < 1.29 is 19.4 Å². The van der Waals surface area contributed by atoms with Gasteiger partial charge in [-0.05, 0) is 34.8 Å². The Morgan fingerprint density at radius 3 is 3.16 bits per heavy atom. The number of carboxylic acids is 1. The minimum atomic E-state index is -1.02. The highest BCUT2D eigenvalue weighted by molar-refractivity contribution is 9.10. The quantitative estimate of drug-likeness (QED) is 0.881. The maximum atomic E-state index is 11.2. The van der Waals surface area contributed by atoms with Crippen LogP contribution in [0, 0.1) is 0 Å². The predicted octanol–water partition coefficient (Wildman–Crippen LogP) is 1.86. The summed E-state index contributed by atoms with van der Waals surface area (Å²) in [4.78, 5) is 15.3. The van der Waals surface area contributed by atoms with Crippen LogP contribution in [0.5, 0.6) is 0 Å². The Balaban J connectivity index is 1.81. The Bertz CT molecular complexity index is 511. The number of pyridine rings is 1. The minimum Gasteiger partial charge on any atom is -0.478 e. The van der Waals surface area contributed by atoms with Crippen LogP contribution in [0.2, 0.25) is 0 Å². The lowest BCUT2D eigenvalue weighted by Gasteiger charge is -2.28. The van der Waals surface area contributed by atoms with Gasteiger partial charge in [0.2, 0.25) is 0 Å². The van der Waals surface area contributed by atoms with Crippen molar-refractivity contribution in [3.8, 4) is 0 Å². The number of ether oxygens (including phenoxy) is 2. The Morgan fingerprint density at radius 1 is 1.53 bits per heavy atom. The molecule has 2 aliphatic heterocycles. The zero-order valence-corrected chi connectivity index (χ0v) is 11.6. The SMILES string of the molecule is O=C(O)c1cc(Br)cnc1N[C@@H]1CC[C@H]2CO[C@@H]1O2. The van der Waals surface area contributed by atoms with E-state index in [1.165, 1.54) is 6.07 Å². The third-order valence-corrected chi connectivity index (χ3v) is 3.74.